The molecule has 1 aliphatic rings. The molecule has 0 fully saturated rings. The van der Waals surface area contributed by atoms with Gasteiger partial charge < -0.3 is 5.11 Å². The molecule has 1 aliphatic heterocycles. The Morgan fingerprint density at radius 1 is 0.923 bits per heavy atom. The molecule has 3 aromatic rings. The Labute approximate surface area is 152 Å². The topological polar surface area (TPSA) is 40.5 Å². The minimum atomic E-state index is -1.42. The molecule has 128 valence electrons. The Morgan fingerprint density at radius 2 is 1.54 bits per heavy atom. The zero-order valence-electron chi connectivity index (χ0n) is 14.5. The number of aliphatic hydroxyl groups is 1. The highest BCUT2D eigenvalue weighted by atomic mass is 16.3. The SMILES string of the molecule is C=C(c1ccccc1)c1ccccc1N1C(=O)c2ccccc2C1(C)O. The zero-order valence-corrected chi connectivity index (χ0v) is 14.5. The average molecular weight is 341 g/mol. The number of para-hydroxylation sites is 1. The van der Waals surface area contributed by atoms with E-state index >= 15 is 0 Å². The van der Waals surface area contributed by atoms with Gasteiger partial charge in [0.1, 0.15) is 0 Å². The lowest BCUT2D eigenvalue weighted by atomic mass is 9.96. The van der Waals surface area contributed by atoms with E-state index in [0.29, 0.717) is 16.8 Å². The maximum Gasteiger partial charge on any atom is 0.261 e. The van der Waals surface area contributed by atoms with Crippen LogP contribution in [0.15, 0.2) is 85.4 Å². The van der Waals surface area contributed by atoms with Crippen molar-refractivity contribution in [3.05, 3.63) is 108 Å². The Bertz CT molecular complexity index is 1010. The maximum atomic E-state index is 13.1. The van der Waals surface area contributed by atoms with Crippen LogP contribution in [0.3, 0.4) is 0 Å². The summed E-state index contributed by atoms with van der Waals surface area (Å²) in [6.45, 7) is 5.88. The predicted octanol–water partition coefficient (Wildman–Crippen LogP) is 4.57. The normalized spacial score (nSPS) is 18.7. The lowest BCUT2D eigenvalue weighted by Crippen LogP contribution is -2.42. The monoisotopic (exact) mass is 341 g/mol. The van der Waals surface area contributed by atoms with Crippen LogP contribution in [0.1, 0.15) is 34.0 Å². The molecular weight excluding hydrogens is 322 g/mol. The Hall–Kier alpha value is -3.17. The number of rotatable bonds is 3. The first-order valence-electron chi connectivity index (χ1n) is 8.52. The second-order valence-corrected chi connectivity index (χ2v) is 6.57. The first kappa shape index (κ1) is 16.3. The summed E-state index contributed by atoms with van der Waals surface area (Å²) >= 11 is 0. The van der Waals surface area contributed by atoms with E-state index in [1.54, 1.807) is 19.1 Å². The molecule has 0 aliphatic carbocycles. The van der Waals surface area contributed by atoms with Crippen LogP contribution in [0.5, 0.6) is 0 Å². The van der Waals surface area contributed by atoms with Crippen molar-refractivity contribution in [3.8, 4) is 0 Å². The van der Waals surface area contributed by atoms with Crippen molar-refractivity contribution in [2.45, 2.75) is 12.6 Å². The summed E-state index contributed by atoms with van der Waals surface area (Å²) in [5.74, 6) is -0.209. The average Bonchev–Trinajstić information content (AvgIpc) is 2.88. The fourth-order valence-electron chi connectivity index (χ4n) is 3.58. The van der Waals surface area contributed by atoms with Gasteiger partial charge in [0.05, 0.1) is 5.69 Å². The van der Waals surface area contributed by atoms with Crippen molar-refractivity contribution in [1.82, 2.24) is 0 Å². The summed E-state index contributed by atoms with van der Waals surface area (Å²) in [7, 11) is 0. The van der Waals surface area contributed by atoms with Crippen LogP contribution < -0.4 is 4.90 Å². The zero-order chi connectivity index (χ0) is 18.3. The van der Waals surface area contributed by atoms with Gasteiger partial charge >= 0.3 is 0 Å². The van der Waals surface area contributed by atoms with E-state index in [1.807, 2.05) is 66.7 Å². The molecule has 4 rings (SSSR count). The molecule has 1 N–H and O–H groups in total. The van der Waals surface area contributed by atoms with Crippen LogP contribution in [0.25, 0.3) is 5.57 Å². The molecular formula is C23H19NO2. The fraction of sp³-hybridized carbons (Fsp3) is 0.0870. The lowest BCUT2D eigenvalue weighted by Gasteiger charge is -2.32. The van der Waals surface area contributed by atoms with Crippen molar-refractivity contribution in [3.63, 3.8) is 0 Å². The minimum absolute atomic E-state index is 0.209. The van der Waals surface area contributed by atoms with E-state index < -0.39 is 5.72 Å². The van der Waals surface area contributed by atoms with Gasteiger partial charge in [0, 0.05) is 16.7 Å². The van der Waals surface area contributed by atoms with Gasteiger partial charge in [0.25, 0.3) is 5.91 Å². The standard InChI is InChI=1S/C23H19NO2/c1-16(17-10-4-3-5-11-17)18-12-7-9-15-21(18)24-22(25)19-13-6-8-14-20(19)23(24,2)26/h3-15,26H,1H2,2H3. The van der Waals surface area contributed by atoms with Gasteiger partial charge in [0.15, 0.2) is 5.72 Å². The van der Waals surface area contributed by atoms with Crippen molar-refractivity contribution < 1.29 is 9.90 Å². The van der Waals surface area contributed by atoms with Gasteiger partial charge in [-0.05, 0) is 30.2 Å². The Balaban J connectivity index is 1.86. The molecule has 0 radical (unpaired) electrons. The Morgan fingerprint density at radius 3 is 2.27 bits per heavy atom. The Kier molecular flexibility index (Phi) is 3.74. The number of carbonyl (C=O) groups is 1. The number of anilines is 1. The van der Waals surface area contributed by atoms with Gasteiger partial charge in [-0.1, -0.05) is 73.3 Å². The number of hydrogen-bond acceptors (Lipinski definition) is 2. The van der Waals surface area contributed by atoms with Crippen molar-refractivity contribution in [2.24, 2.45) is 0 Å². The lowest BCUT2D eigenvalue weighted by molar-refractivity contribution is 0.0554. The number of carbonyl (C=O) groups excluding carboxylic acids is 1. The van der Waals surface area contributed by atoms with Crippen LogP contribution in [0.2, 0.25) is 0 Å². The van der Waals surface area contributed by atoms with E-state index in [-0.39, 0.29) is 5.91 Å². The highest BCUT2D eigenvalue weighted by Crippen LogP contribution is 2.43. The second-order valence-electron chi connectivity index (χ2n) is 6.57. The van der Waals surface area contributed by atoms with Gasteiger partial charge in [-0.25, -0.2) is 0 Å². The molecule has 3 aromatic carbocycles. The number of benzene rings is 3. The first-order valence-corrected chi connectivity index (χ1v) is 8.52. The molecule has 1 heterocycles. The minimum Gasteiger partial charge on any atom is -0.367 e. The van der Waals surface area contributed by atoms with E-state index in [9.17, 15) is 9.90 Å². The van der Waals surface area contributed by atoms with Gasteiger partial charge in [-0.3, -0.25) is 9.69 Å². The maximum absolute atomic E-state index is 13.1. The van der Waals surface area contributed by atoms with Crippen molar-refractivity contribution in [1.29, 1.82) is 0 Å². The number of hydrogen-bond donors (Lipinski definition) is 1. The third-order valence-electron chi connectivity index (χ3n) is 4.90. The quantitative estimate of drug-likeness (QED) is 0.758. The molecule has 1 amide bonds. The number of amides is 1. The third kappa shape index (κ3) is 2.37. The van der Waals surface area contributed by atoms with Gasteiger partial charge in [-0.2, -0.15) is 0 Å². The summed E-state index contributed by atoms with van der Waals surface area (Å²) in [6, 6.07) is 24.6. The molecule has 0 aromatic heterocycles. The summed E-state index contributed by atoms with van der Waals surface area (Å²) in [5, 5.41) is 11.2. The second kappa shape index (κ2) is 5.97. The molecule has 0 bridgehead atoms. The molecule has 1 unspecified atom stereocenters. The molecule has 0 saturated carbocycles. The van der Waals surface area contributed by atoms with Crippen LogP contribution in [0.4, 0.5) is 5.69 Å². The van der Waals surface area contributed by atoms with E-state index in [2.05, 4.69) is 6.58 Å². The molecule has 0 saturated heterocycles. The fourth-order valence-corrected chi connectivity index (χ4v) is 3.58. The van der Waals surface area contributed by atoms with E-state index in [0.717, 1.165) is 16.7 Å². The smallest absolute Gasteiger partial charge is 0.261 e. The highest BCUT2D eigenvalue weighted by molar-refractivity contribution is 6.13. The van der Waals surface area contributed by atoms with Crippen molar-refractivity contribution in [2.75, 3.05) is 4.90 Å². The van der Waals surface area contributed by atoms with E-state index in [4.69, 9.17) is 0 Å². The first-order chi connectivity index (χ1) is 12.5. The molecule has 1 atom stereocenters. The van der Waals surface area contributed by atoms with Gasteiger partial charge in [-0.15, -0.1) is 0 Å². The molecule has 26 heavy (non-hydrogen) atoms. The number of nitrogens with zero attached hydrogens (tertiary/aromatic N) is 1. The van der Waals surface area contributed by atoms with Crippen LogP contribution in [0, 0.1) is 0 Å². The predicted molar refractivity (Wildman–Crippen MR) is 104 cm³/mol. The molecule has 3 nitrogen and oxygen atoms in total. The van der Waals surface area contributed by atoms with Gasteiger partial charge in [0.2, 0.25) is 0 Å². The summed E-state index contributed by atoms with van der Waals surface area (Å²) in [4.78, 5) is 14.5. The molecule has 3 heteroatoms. The number of fused-ring (bicyclic) bond motifs is 1. The van der Waals surface area contributed by atoms with Crippen LogP contribution in [-0.4, -0.2) is 11.0 Å². The summed E-state index contributed by atoms with van der Waals surface area (Å²) in [5.41, 5.74) is 2.97. The van der Waals surface area contributed by atoms with Crippen LogP contribution in [-0.2, 0) is 5.72 Å². The summed E-state index contributed by atoms with van der Waals surface area (Å²) < 4.78 is 0. The van der Waals surface area contributed by atoms with E-state index in [1.165, 1.54) is 4.90 Å². The highest BCUT2D eigenvalue weighted by Gasteiger charge is 2.46. The summed E-state index contributed by atoms with van der Waals surface area (Å²) in [6.07, 6.45) is 0. The van der Waals surface area contributed by atoms with Crippen LogP contribution >= 0.6 is 0 Å². The van der Waals surface area contributed by atoms with Crippen molar-refractivity contribution >= 4 is 17.2 Å². The third-order valence-corrected chi connectivity index (χ3v) is 4.90. The largest absolute Gasteiger partial charge is 0.367 e. The molecule has 0 spiro atoms.